The van der Waals surface area contributed by atoms with Crippen LogP contribution in [0, 0.1) is 0 Å². The number of rotatable bonds is 4. The molecule has 2 heterocycles. The number of thioether (sulfide) groups is 1. The Morgan fingerprint density at radius 1 is 1.43 bits per heavy atom. The predicted molar refractivity (Wildman–Crippen MR) is 91.5 cm³/mol. The Labute approximate surface area is 146 Å². The molecule has 1 aromatic heterocycles. The summed E-state index contributed by atoms with van der Waals surface area (Å²) in [5.41, 5.74) is 0. The maximum atomic E-state index is 12.7. The molecular weight excluding hydrogens is 442 g/mol. The highest BCUT2D eigenvalue weighted by Gasteiger charge is 2.41. The molecular formula is C10H13BrClNO4S4. The molecule has 1 aliphatic rings. The van der Waals surface area contributed by atoms with E-state index in [9.17, 15) is 16.8 Å². The summed E-state index contributed by atoms with van der Waals surface area (Å²) in [6.07, 6.45) is 0. The van der Waals surface area contributed by atoms with Crippen molar-refractivity contribution in [3.63, 3.8) is 0 Å². The molecule has 1 unspecified atom stereocenters. The van der Waals surface area contributed by atoms with E-state index >= 15 is 0 Å². The monoisotopic (exact) mass is 453 g/mol. The topological polar surface area (TPSA) is 71.5 Å². The smallest absolute Gasteiger partial charge is 0.227 e. The Morgan fingerprint density at radius 2 is 2.10 bits per heavy atom. The quantitative estimate of drug-likeness (QED) is 0.699. The summed E-state index contributed by atoms with van der Waals surface area (Å²) in [6.45, 7) is 1.71. The first-order valence-electron chi connectivity index (χ1n) is 5.96. The number of halogens is 2. The SMILES string of the molecule is CCS(=O)(=O)C1CSCCN1S(=O)(=O)c1cc(Cl)c(Br)s1. The molecule has 0 radical (unpaired) electrons. The van der Waals surface area contributed by atoms with Gasteiger partial charge in [0.15, 0.2) is 9.84 Å². The van der Waals surface area contributed by atoms with Gasteiger partial charge in [-0.2, -0.15) is 16.1 Å². The van der Waals surface area contributed by atoms with E-state index in [1.54, 1.807) is 0 Å². The van der Waals surface area contributed by atoms with Crippen LogP contribution in [0.4, 0.5) is 0 Å². The largest absolute Gasteiger partial charge is 0.253 e. The maximum absolute atomic E-state index is 12.7. The van der Waals surface area contributed by atoms with E-state index in [1.165, 1.54) is 24.8 Å². The zero-order valence-electron chi connectivity index (χ0n) is 11.0. The van der Waals surface area contributed by atoms with Gasteiger partial charge in [0, 0.05) is 23.8 Å². The minimum absolute atomic E-state index is 0.0579. The zero-order valence-corrected chi connectivity index (χ0v) is 16.6. The molecule has 5 nitrogen and oxygen atoms in total. The van der Waals surface area contributed by atoms with Crippen LogP contribution in [0.1, 0.15) is 6.92 Å². The van der Waals surface area contributed by atoms with E-state index in [-0.39, 0.29) is 22.3 Å². The molecule has 0 spiro atoms. The highest BCUT2D eigenvalue weighted by molar-refractivity contribution is 9.11. The minimum atomic E-state index is -3.86. The molecule has 2 rings (SSSR count). The van der Waals surface area contributed by atoms with Crippen molar-refractivity contribution in [2.75, 3.05) is 23.8 Å². The summed E-state index contributed by atoms with van der Waals surface area (Å²) < 4.78 is 51.4. The molecule has 120 valence electrons. The molecule has 1 aliphatic heterocycles. The molecule has 0 amide bonds. The van der Waals surface area contributed by atoms with Crippen LogP contribution in [0.3, 0.4) is 0 Å². The van der Waals surface area contributed by atoms with Gasteiger partial charge >= 0.3 is 0 Å². The van der Waals surface area contributed by atoms with Crippen LogP contribution in [0.15, 0.2) is 14.1 Å². The number of nitrogens with zero attached hydrogens (tertiary/aromatic N) is 1. The van der Waals surface area contributed by atoms with Crippen molar-refractivity contribution in [1.29, 1.82) is 0 Å². The molecule has 0 aliphatic carbocycles. The van der Waals surface area contributed by atoms with Crippen LogP contribution < -0.4 is 0 Å². The van der Waals surface area contributed by atoms with E-state index in [1.807, 2.05) is 0 Å². The van der Waals surface area contributed by atoms with Crippen LogP contribution in [-0.2, 0) is 19.9 Å². The molecule has 1 fully saturated rings. The number of sulfonamides is 1. The van der Waals surface area contributed by atoms with Gasteiger partial charge in [-0.25, -0.2) is 16.8 Å². The van der Waals surface area contributed by atoms with Gasteiger partial charge in [-0.3, -0.25) is 0 Å². The van der Waals surface area contributed by atoms with Crippen molar-refractivity contribution in [3.8, 4) is 0 Å². The van der Waals surface area contributed by atoms with Gasteiger partial charge in [0.1, 0.15) is 9.58 Å². The molecule has 21 heavy (non-hydrogen) atoms. The van der Waals surface area contributed by atoms with Crippen LogP contribution in [0.25, 0.3) is 0 Å². The first kappa shape index (κ1) is 18.0. The van der Waals surface area contributed by atoms with Gasteiger partial charge < -0.3 is 0 Å². The Hall–Kier alpha value is 0.680. The van der Waals surface area contributed by atoms with Gasteiger partial charge in [0.05, 0.1) is 8.81 Å². The van der Waals surface area contributed by atoms with Gasteiger partial charge in [-0.1, -0.05) is 18.5 Å². The summed E-state index contributed by atoms with van der Waals surface area (Å²) >= 11 is 11.5. The van der Waals surface area contributed by atoms with Gasteiger partial charge in [0.25, 0.3) is 10.0 Å². The first-order chi connectivity index (χ1) is 9.70. The number of thiophene rings is 1. The Balaban J connectivity index is 2.45. The van der Waals surface area contributed by atoms with Crippen molar-refractivity contribution >= 4 is 70.5 Å². The summed E-state index contributed by atoms with van der Waals surface area (Å²) in [5.74, 6) is 0.754. The second kappa shape index (κ2) is 6.66. The second-order valence-electron chi connectivity index (χ2n) is 4.28. The lowest BCUT2D eigenvalue weighted by Gasteiger charge is -2.33. The summed E-state index contributed by atoms with van der Waals surface area (Å²) in [6, 6.07) is 1.35. The second-order valence-corrected chi connectivity index (χ2v) is 12.8. The third-order valence-corrected chi connectivity index (χ3v) is 11.3. The van der Waals surface area contributed by atoms with E-state index in [0.29, 0.717) is 14.6 Å². The first-order valence-corrected chi connectivity index (χ1v) is 12.3. The highest BCUT2D eigenvalue weighted by atomic mass is 79.9. The fourth-order valence-electron chi connectivity index (χ4n) is 1.89. The van der Waals surface area contributed by atoms with E-state index < -0.39 is 25.2 Å². The van der Waals surface area contributed by atoms with Crippen LogP contribution in [0.5, 0.6) is 0 Å². The number of sulfone groups is 1. The summed E-state index contributed by atoms with van der Waals surface area (Å²) in [5, 5.41) is -0.703. The van der Waals surface area contributed by atoms with Crippen LogP contribution in [0.2, 0.25) is 5.02 Å². The molecule has 1 saturated heterocycles. The van der Waals surface area contributed by atoms with Crippen LogP contribution >= 0.6 is 50.6 Å². The Morgan fingerprint density at radius 3 is 2.62 bits per heavy atom. The average molecular weight is 455 g/mol. The lowest BCUT2D eigenvalue weighted by atomic mass is 10.6. The summed E-state index contributed by atoms with van der Waals surface area (Å²) in [7, 11) is -7.34. The molecule has 1 atom stereocenters. The highest BCUT2D eigenvalue weighted by Crippen LogP contribution is 2.37. The van der Waals surface area contributed by atoms with Crippen molar-refractivity contribution in [3.05, 3.63) is 14.9 Å². The standard InChI is InChI=1S/C10H13BrClNO4S4/c1-2-20(14,15)8-6-18-4-3-13(8)21(16,17)9-5-7(12)10(11)19-9/h5,8H,2-4,6H2,1H3. The van der Waals surface area contributed by atoms with Gasteiger partial charge in [0.2, 0.25) is 0 Å². The lowest BCUT2D eigenvalue weighted by molar-refractivity contribution is 0.405. The lowest BCUT2D eigenvalue weighted by Crippen LogP contribution is -2.50. The molecule has 11 heteroatoms. The Bertz CT molecular complexity index is 711. The van der Waals surface area contributed by atoms with Crippen molar-refractivity contribution < 1.29 is 16.8 Å². The normalized spacial score (nSPS) is 21.6. The molecule has 0 bridgehead atoms. The number of hydrogen-bond donors (Lipinski definition) is 0. The van der Waals surface area contributed by atoms with Gasteiger partial charge in [-0.15, -0.1) is 11.3 Å². The van der Waals surface area contributed by atoms with Crippen molar-refractivity contribution in [1.82, 2.24) is 4.31 Å². The van der Waals surface area contributed by atoms with Crippen molar-refractivity contribution in [2.24, 2.45) is 0 Å². The van der Waals surface area contributed by atoms with E-state index in [0.717, 1.165) is 15.6 Å². The van der Waals surface area contributed by atoms with Gasteiger partial charge in [-0.05, 0) is 22.0 Å². The minimum Gasteiger partial charge on any atom is -0.227 e. The predicted octanol–water partition coefficient (Wildman–Crippen LogP) is 2.66. The fourth-order valence-corrected chi connectivity index (χ4v) is 9.66. The van der Waals surface area contributed by atoms with Crippen LogP contribution in [-0.4, -0.2) is 50.3 Å². The molecule has 0 saturated carbocycles. The fraction of sp³-hybridized carbons (Fsp3) is 0.600. The Kier molecular flexibility index (Phi) is 5.72. The molecule has 1 aromatic rings. The molecule has 0 aromatic carbocycles. The van der Waals surface area contributed by atoms with E-state index in [4.69, 9.17) is 11.6 Å². The maximum Gasteiger partial charge on any atom is 0.253 e. The zero-order chi connectivity index (χ0) is 15.8. The third-order valence-electron chi connectivity index (χ3n) is 3.04. The summed E-state index contributed by atoms with van der Waals surface area (Å²) in [4.78, 5) is 0. The number of hydrogen-bond acceptors (Lipinski definition) is 6. The van der Waals surface area contributed by atoms with E-state index in [2.05, 4.69) is 15.9 Å². The average Bonchev–Trinajstić information content (AvgIpc) is 2.79. The molecule has 0 N–H and O–H groups in total. The third kappa shape index (κ3) is 3.61. The van der Waals surface area contributed by atoms with Crippen molar-refractivity contribution in [2.45, 2.75) is 16.5 Å².